The molecule has 6 nitrogen and oxygen atoms in total. The van der Waals surface area contributed by atoms with E-state index in [-0.39, 0.29) is 11.6 Å². The van der Waals surface area contributed by atoms with Crippen LogP contribution >= 0.6 is 23.2 Å². The summed E-state index contributed by atoms with van der Waals surface area (Å²) in [5.41, 5.74) is 2.37. The predicted octanol–water partition coefficient (Wildman–Crippen LogP) is 5.87. The van der Waals surface area contributed by atoms with Gasteiger partial charge in [-0.15, -0.1) is 0 Å². The van der Waals surface area contributed by atoms with Crippen molar-refractivity contribution in [2.75, 3.05) is 9.79 Å². The maximum Gasteiger partial charge on any atom is 0.202 e. The monoisotopic (exact) mass is 472 g/mol. The molecular formula is C22H18Cl2N4O2S. The van der Waals surface area contributed by atoms with Crippen molar-refractivity contribution in [3.8, 4) is 0 Å². The molecule has 3 aromatic carbocycles. The standard InChI is InChI=1S/C22H18Cl2N4O2S/c1-14-7-10-16(13-18(14)24)28(29)22-21(25-19-5-3-4-6-20(19)26-22)27-31(2,30)17-11-8-15(23)9-12-17/h3-13,29H,2H2,1H3,(H,25,27,30). The van der Waals surface area contributed by atoms with Gasteiger partial charge >= 0.3 is 0 Å². The number of nitrogens with zero attached hydrogens (tertiary/aromatic N) is 3. The number of halogens is 2. The van der Waals surface area contributed by atoms with E-state index in [1.807, 2.05) is 19.1 Å². The third-order valence-electron chi connectivity index (χ3n) is 4.61. The molecule has 9 heteroatoms. The van der Waals surface area contributed by atoms with Gasteiger partial charge in [-0.1, -0.05) is 41.4 Å². The van der Waals surface area contributed by atoms with Gasteiger partial charge in [0.05, 0.1) is 26.4 Å². The molecule has 0 spiro atoms. The van der Waals surface area contributed by atoms with Crippen LogP contribution in [0.25, 0.3) is 11.0 Å². The summed E-state index contributed by atoms with van der Waals surface area (Å²) in [6.07, 6.45) is 0. The first-order valence-electron chi connectivity index (χ1n) is 9.17. The SMILES string of the molecule is C=S(=O)(Nc1nc2ccccc2nc1N(O)c1ccc(C)c(Cl)c1)c1ccc(Cl)cc1. The molecule has 0 aliphatic heterocycles. The Balaban J connectivity index is 1.83. The Morgan fingerprint density at radius 1 is 1.00 bits per heavy atom. The van der Waals surface area contributed by atoms with Gasteiger partial charge in [-0.05, 0) is 66.9 Å². The average Bonchev–Trinajstić information content (AvgIpc) is 2.75. The van der Waals surface area contributed by atoms with Crippen molar-refractivity contribution < 1.29 is 9.42 Å². The predicted molar refractivity (Wildman–Crippen MR) is 128 cm³/mol. The first kappa shape index (κ1) is 21.4. The first-order valence-corrected chi connectivity index (χ1v) is 11.7. The van der Waals surface area contributed by atoms with E-state index in [9.17, 15) is 9.42 Å². The molecule has 0 amide bonds. The van der Waals surface area contributed by atoms with E-state index in [4.69, 9.17) is 23.2 Å². The van der Waals surface area contributed by atoms with Gasteiger partial charge in [0.2, 0.25) is 5.82 Å². The van der Waals surface area contributed by atoms with Crippen molar-refractivity contribution in [3.63, 3.8) is 0 Å². The molecule has 0 bridgehead atoms. The third kappa shape index (κ3) is 4.45. The second-order valence-electron chi connectivity index (χ2n) is 6.86. The Morgan fingerprint density at radius 3 is 2.29 bits per heavy atom. The summed E-state index contributed by atoms with van der Waals surface area (Å²) >= 11 is 12.2. The lowest BCUT2D eigenvalue weighted by Gasteiger charge is -2.21. The highest BCUT2D eigenvalue weighted by atomic mass is 35.5. The van der Waals surface area contributed by atoms with E-state index in [0.29, 0.717) is 31.7 Å². The van der Waals surface area contributed by atoms with Gasteiger partial charge < -0.3 is 0 Å². The molecule has 2 N–H and O–H groups in total. The van der Waals surface area contributed by atoms with Gasteiger partial charge in [0.25, 0.3) is 0 Å². The number of rotatable bonds is 5. The Bertz CT molecular complexity index is 1380. The number of nitrogens with one attached hydrogen (secondary N) is 1. The van der Waals surface area contributed by atoms with E-state index >= 15 is 0 Å². The number of aromatic nitrogens is 2. The zero-order valence-electron chi connectivity index (χ0n) is 16.4. The van der Waals surface area contributed by atoms with E-state index in [2.05, 4.69) is 20.6 Å². The van der Waals surface area contributed by atoms with Crippen molar-refractivity contribution in [1.29, 1.82) is 0 Å². The zero-order valence-corrected chi connectivity index (χ0v) is 18.7. The van der Waals surface area contributed by atoms with Crippen LogP contribution in [0.2, 0.25) is 10.0 Å². The Hall–Kier alpha value is -2.84. The summed E-state index contributed by atoms with van der Waals surface area (Å²) in [6, 6.07) is 18.8. The molecule has 1 aromatic heterocycles. The Labute approximate surface area is 190 Å². The van der Waals surface area contributed by atoms with Gasteiger partial charge in [0.15, 0.2) is 5.82 Å². The normalized spacial score (nSPS) is 13.0. The Kier molecular flexibility index (Phi) is 5.77. The van der Waals surface area contributed by atoms with Gasteiger partial charge in [-0.25, -0.2) is 19.2 Å². The summed E-state index contributed by atoms with van der Waals surface area (Å²) in [5, 5.41) is 12.8. The summed E-state index contributed by atoms with van der Waals surface area (Å²) in [5.74, 6) is 3.99. The first-order chi connectivity index (χ1) is 14.7. The topological polar surface area (TPSA) is 78.4 Å². The summed E-state index contributed by atoms with van der Waals surface area (Å²) in [6.45, 7) is 1.86. The second kappa shape index (κ2) is 8.36. The molecule has 0 saturated carbocycles. The van der Waals surface area contributed by atoms with Crippen LogP contribution in [0.15, 0.2) is 71.6 Å². The van der Waals surface area contributed by atoms with E-state index in [1.165, 1.54) is 0 Å². The fraction of sp³-hybridized carbons (Fsp3) is 0.0455. The number of hydrogen-bond acceptors (Lipinski definition) is 5. The minimum Gasteiger partial charge on any atom is -0.290 e. The van der Waals surface area contributed by atoms with Crippen LogP contribution in [0.4, 0.5) is 17.3 Å². The minimum absolute atomic E-state index is 0.0592. The molecule has 0 saturated heterocycles. The molecule has 0 radical (unpaired) electrons. The fourth-order valence-electron chi connectivity index (χ4n) is 2.91. The molecular weight excluding hydrogens is 455 g/mol. The Morgan fingerprint density at radius 2 is 1.65 bits per heavy atom. The lowest BCUT2D eigenvalue weighted by Crippen LogP contribution is -2.20. The van der Waals surface area contributed by atoms with Gasteiger partial charge in [0, 0.05) is 14.9 Å². The van der Waals surface area contributed by atoms with E-state index < -0.39 is 9.71 Å². The quantitative estimate of drug-likeness (QED) is 0.280. The highest BCUT2D eigenvalue weighted by Crippen LogP contribution is 2.33. The molecule has 1 unspecified atom stereocenters. The maximum atomic E-state index is 13.4. The molecule has 158 valence electrons. The highest BCUT2D eigenvalue weighted by molar-refractivity contribution is 8.01. The van der Waals surface area contributed by atoms with Gasteiger partial charge in [0.1, 0.15) is 0 Å². The van der Waals surface area contributed by atoms with Crippen LogP contribution < -0.4 is 9.79 Å². The van der Waals surface area contributed by atoms with Gasteiger partial charge in [-0.3, -0.25) is 9.93 Å². The number of benzene rings is 3. The van der Waals surface area contributed by atoms with Crippen LogP contribution in [0.3, 0.4) is 0 Å². The summed E-state index contributed by atoms with van der Waals surface area (Å²) in [7, 11) is -3.03. The third-order valence-corrected chi connectivity index (χ3v) is 6.82. The number of para-hydroxylation sites is 2. The molecule has 31 heavy (non-hydrogen) atoms. The minimum atomic E-state index is -3.03. The van der Waals surface area contributed by atoms with Crippen LogP contribution in [0.5, 0.6) is 0 Å². The summed E-state index contributed by atoms with van der Waals surface area (Å²) < 4.78 is 16.2. The maximum absolute atomic E-state index is 13.4. The second-order valence-corrected chi connectivity index (χ2v) is 9.73. The van der Waals surface area contributed by atoms with Crippen LogP contribution in [0.1, 0.15) is 5.56 Å². The number of fused-ring (bicyclic) bond motifs is 1. The molecule has 0 fully saturated rings. The molecule has 4 aromatic rings. The number of hydrogen-bond donors (Lipinski definition) is 2. The van der Waals surface area contributed by atoms with Crippen molar-refractivity contribution in [2.24, 2.45) is 0 Å². The van der Waals surface area contributed by atoms with Crippen molar-refractivity contribution in [2.45, 2.75) is 11.8 Å². The van der Waals surface area contributed by atoms with Crippen molar-refractivity contribution in [3.05, 3.63) is 82.3 Å². The molecule has 0 aliphatic rings. The molecule has 1 atom stereocenters. The zero-order chi connectivity index (χ0) is 22.2. The van der Waals surface area contributed by atoms with Gasteiger partial charge in [-0.2, -0.15) is 0 Å². The fourth-order valence-corrected chi connectivity index (χ4v) is 4.36. The van der Waals surface area contributed by atoms with Crippen molar-refractivity contribution in [1.82, 2.24) is 9.97 Å². The van der Waals surface area contributed by atoms with Crippen molar-refractivity contribution >= 4 is 67.1 Å². The lowest BCUT2D eigenvalue weighted by molar-refractivity contribution is 0.298. The van der Waals surface area contributed by atoms with E-state index in [0.717, 1.165) is 10.6 Å². The number of aryl methyl sites for hydroxylation is 1. The highest BCUT2D eigenvalue weighted by Gasteiger charge is 2.20. The van der Waals surface area contributed by atoms with Crippen LogP contribution in [-0.2, 0) is 9.71 Å². The van der Waals surface area contributed by atoms with Crippen LogP contribution in [0, 0.1) is 6.92 Å². The molecule has 1 heterocycles. The lowest BCUT2D eigenvalue weighted by atomic mass is 10.2. The largest absolute Gasteiger partial charge is 0.290 e. The summed E-state index contributed by atoms with van der Waals surface area (Å²) in [4.78, 5) is 9.50. The molecule has 4 rings (SSSR count). The average molecular weight is 473 g/mol. The molecule has 0 aliphatic carbocycles. The van der Waals surface area contributed by atoms with Crippen LogP contribution in [-0.4, -0.2) is 25.3 Å². The smallest absolute Gasteiger partial charge is 0.202 e. The number of anilines is 3. The van der Waals surface area contributed by atoms with E-state index in [1.54, 1.807) is 54.6 Å².